The first-order valence-electron chi connectivity index (χ1n) is 11.7. The maximum Gasteiger partial charge on any atom is 0.417 e. The smallest absolute Gasteiger partial charge is 0.380 e. The van der Waals surface area contributed by atoms with Gasteiger partial charge in [0.2, 0.25) is 0 Å². The maximum atomic E-state index is 13.6. The molecule has 4 rings (SSSR count). The molecule has 3 unspecified atom stereocenters. The zero-order chi connectivity index (χ0) is 22.3. The number of hydrogen-bond donors (Lipinski definition) is 1. The van der Waals surface area contributed by atoms with E-state index in [2.05, 4.69) is 32.8 Å². The molecule has 1 N–H and O–H groups in total. The second kappa shape index (κ2) is 6.94. The topological polar surface area (TPSA) is 40.5 Å². The number of ketones is 1. The summed E-state index contributed by atoms with van der Waals surface area (Å²) in [6.07, 6.45) is 0.169. The minimum Gasteiger partial charge on any atom is -0.380 e. The Kier molecular flexibility index (Phi) is 5.22. The molecule has 4 aliphatic carbocycles. The molecule has 4 saturated carbocycles. The molecule has 0 saturated heterocycles. The van der Waals surface area contributed by atoms with Gasteiger partial charge in [0, 0.05) is 12.0 Å². The van der Waals surface area contributed by atoms with Crippen molar-refractivity contribution < 1.29 is 23.1 Å². The molecule has 0 aromatic carbocycles. The minimum atomic E-state index is -4.56. The third-order valence-corrected chi connectivity index (χ3v) is 10.3. The fourth-order valence-electron chi connectivity index (χ4n) is 8.80. The normalized spacial score (nSPS) is 51.3. The van der Waals surface area contributed by atoms with Crippen molar-refractivity contribution in [1.29, 1.82) is 0 Å². The number of halogens is 3. The van der Waals surface area contributed by atoms with Crippen molar-refractivity contribution in [2.75, 3.05) is 14.1 Å². The van der Waals surface area contributed by atoms with E-state index in [1.54, 1.807) is 6.92 Å². The largest absolute Gasteiger partial charge is 0.417 e. The van der Waals surface area contributed by atoms with Gasteiger partial charge >= 0.3 is 6.18 Å². The van der Waals surface area contributed by atoms with Crippen LogP contribution in [-0.2, 0) is 4.79 Å². The van der Waals surface area contributed by atoms with Crippen LogP contribution < -0.4 is 0 Å². The molecule has 30 heavy (non-hydrogen) atoms. The number of hydrogen-bond acceptors (Lipinski definition) is 3. The Morgan fingerprint density at radius 2 is 1.67 bits per heavy atom. The van der Waals surface area contributed by atoms with Crippen molar-refractivity contribution in [2.24, 2.45) is 40.4 Å². The van der Waals surface area contributed by atoms with Crippen LogP contribution in [-0.4, -0.2) is 47.7 Å². The highest BCUT2D eigenvalue weighted by Gasteiger charge is 2.67. The van der Waals surface area contributed by atoms with Gasteiger partial charge in [-0.1, -0.05) is 13.8 Å². The Labute approximate surface area is 178 Å². The lowest BCUT2D eigenvalue weighted by atomic mass is 9.42. The quantitative estimate of drug-likeness (QED) is 0.666. The van der Waals surface area contributed by atoms with E-state index in [-0.39, 0.29) is 41.5 Å². The van der Waals surface area contributed by atoms with Crippen LogP contribution in [0.3, 0.4) is 0 Å². The molecule has 9 atom stereocenters. The minimum absolute atomic E-state index is 0.00743. The number of nitrogens with zero attached hydrogens (tertiary/aromatic N) is 1. The lowest BCUT2D eigenvalue weighted by Crippen LogP contribution is -2.64. The van der Waals surface area contributed by atoms with Crippen LogP contribution in [0.2, 0.25) is 0 Å². The summed E-state index contributed by atoms with van der Waals surface area (Å²) in [5.74, 6) is 1.57. The van der Waals surface area contributed by atoms with E-state index in [0.29, 0.717) is 30.0 Å². The standard InChI is InChI=1S/C24H38F3NO2/c1-14(29)17-8-9-18-16-7-6-15-12-23(30,24(25,26)27)11-10-21(15,2)20(16)19(28(4)5)13-22(17,18)3/h15-20,30H,6-13H2,1-5H3/t15?,16-,17+,18-,19?,20+,21-,22+,23?/m0/s1. The molecule has 4 fully saturated rings. The van der Waals surface area contributed by atoms with Gasteiger partial charge in [0.1, 0.15) is 5.78 Å². The Hall–Kier alpha value is -0.620. The average molecular weight is 430 g/mol. The number of fused-ring (bicyclic) bond motifs is 5. The molecule has 0 radical (unpaired) electrons. The van der Waals surface area contributed by atoms with Crippen molar-refractivity contribution in [2.45, 2.75) is 90.0 Å². The van der Waals surface area contributed by atoms with Crippen LogP contribution in [0.15, 0.2) is 0 Å². The third kappa shape index (κ3) is 3.02. The molecule has 0 spiro atoms. The number of aliphatic hydroxyl groups is 1. The second-order valence-corrected chi connectivity index (χ2v) is 11.8. The van der Waals surface area contributed by atoms with Gasteiger partial charge in [0.05, 0.1) is 0 Å². The van der Waals surface area contributed by atoms with Gasteiger partial charge < -0.3 is 10.0 Å². The van der Waals surface area contributed by atoms with E-state index in [1.807, 2.05) is 0 Å². The summed E-state index contributed by atoms with van der Waals surface area (Å²) in [6, 6.07) is 0.265. The molecular formula is C24H38F3NO2. The van der Waals surface area contributed by atoms with E-state index >= 15 is 0 Å². The molecule has 172 valence electrons. The monoisotopic (exact) mass is 429 g/mol. The van der Waals surface area contributed by atoms with Crippen molar-refractivity contribution in [3.05, 3.63) is 0 Å². The Morgan fingerprint density at radius 3 is 2.23 bits per heavy atom. The van der Waals surface area contributed by atoms with Crippen LogP contribution >= 0.6 is 0 Å². The van der Waals surface area contributed by atoms with Gasteiger partial charge in [-0.2, -0.15) is 13.2 Å². The fourth-order valence-corrected chi connectivity index (χ4v) is 8.80. The summed E-state index contributed by atoms with van der Waals surface area (Å²) in [5.41, 5.74) is -2.73. The molecule has 6 heteroatoms. The molecule has 0 aromatic heterocycles. The lowest BCUT2D eigenvalue weighted by Gasteiger charge is -2.65. The van der Waals surface area contributed by atoms with E-state index in [9.17, 15) is 23.1 Å². The lowest BCUT2D eigenvalue weighted by molar-refractivity contribution is -0.291. The van der Waals surface area contributed by atoms with Crippen LogP contribution in [0.4, 0.5) is 13.2 Å². The van der Waals surface area contributed by atoms with Crippen molar-refractivity contribution in [3.63, 3.8) is 0 Å². The fraction of sp³-hybridized carbons (Fsp3) is 0.958. The van der Waals surface area contributed by atoms with E-state index < -0.39 is 11.8 Å². The summed E-state index contributed by atoms with van der Waals surface area (Å²) < 4.78 is 40.8. The van der Waals surface area contributed by atoms with E-state index in [1.165, 1.54) is 0 Å². The highest BCUT2D eigenvalue weighted by atomic mass is 19.4. The highest BCUT2D eigenvalue weighted by Crippen LogP contribution is 2.69. The van der Waals surface area contributed by atoms with Crippen LogP contribution in [0.5, 0.6) is 0 Å². The average Bonchev–Trinajstić information content (AvgIpc) is 2.98. The predicted octanol–water partition coefficient (Wildman–Crippen LogP) is 5.07. The zero-order valence-corrected chi connectivity index (χ0v) is 19.1. The SMILES string of the molecule is CC(=O)[C@H]1CC[C@H]2[C@@H]3CCC4CC(O)(C(F)(F)F)CC[C@]4(C)[C@H]3C(N(C)C)C[C@]12C. The molecule has 0 aliphatic heterocycles. The number of Topliss-reactive ketones (excluding diaryl/α,β-unsaturated/α-hetero) is 1. The summed E-state index contributed by atoms with van der Waals surface area (Å²) in [6.45, 7) is 6.24. The molecule has 0 amide bonds. The van der Waals surface area contributed by atoms with Gasteiger partial charge in [-0.05, 0) is 107 Å². The summed E-state index contributed by atoms with van der Waals surface area (Å²) in [4.78, 5) is 14.7. The van der Waals surface area contributed by atoms with E-state index in [0.717, 1.165) is 32.1 Å². The van der Waals surface area contributed by atoms with Crippen LogP contribution in [0.25, 0.3) is 0 Å². The Bertz CT molecular complexity index is 709. The number of rotatable bonds is 2. The molecular weight excluding hydrogens is 391 g/mol. The van der Waals surface area contributed by atoms with E-state index in [4.69, 9.17) is 0 Å². The number of alkyl halides is 3. The van der Waals surface area contributed by atoms with Gasteiger partial charge in [-0.25, -0.2) is 0 Å². The predicted molar refractivity (Wildman–Crippen MR) is 110 cm³/mol. The van der Waals surface area contributed by atoms with Crippen LogP contribution in [0, 0.1) is 40.4 Å². The zero-order valence-electron chi connectivity index (χ0n) is 19.1. The first-order valence-corrected chi connectivity index (χ1v) is 11.7. The number of carbonyl (C=O) groups excluding carboxylic acids is 1. The molecule has 0 heterocycles. The first kappa shape index (κ1) is 22.6. The van der Waals surface area contributed by atoms with Gasteiger partial charge in [-0.3, -0.25) is 4.79 Å². The molecule has 0 aromatic rings. The van der Waals surface area contributed by atoms with Gasteiger partial charge in [0.15, 0.2) is 5.60 Å². The van der Waals surface area contributed by atoms with Crippen LogP contribution in [0.1, 0.15) is 72.1 Å². The highest BCUT2D eigenvalue weighted by molar-refractivity contribution is 5.79. The molecule has 4 aliphatic rings. The third-order valence-electron chi connectivity index (χ3n) is 10.3. The summed E-state index contributed by atoms with van der Waals surface area (Å²) in [5, 5.41) is 10.4. The van der Waals surface area contributed by atoms with Gasteiger partial charge in [-0.15, -0.1) is 0 Å². The maximum absolute atomic E-state index is 13.6. The Morgan fingerprint density at radius 1 is 1.00 bits per heavy atom. The second-order valence-electron chi connectivity index (χ2n) is 11.8. The first-order chi connectivity index (χ1) is 13.7. The van der Waals surface area contributed by atoms with Crippen molar-refractivity contribution in [3.8, 4) is 0 Å². The summed E-state index contributed by atoms with van der Waals surface area (Å²) >= 11 is 0. The number of carbonyl (C=O) groups is 1. The van der Waals surface area contributed by atoms with Gasteiger partial charge in [0.25, 0.3) is 0 Å². The molecule has 0 bridgehead atoms. The van der Waals surface area contributed by atoms with Crippen molar-refractivity contribution >= 4 is 5.78 Å². The Balaban J connectivity index is 1.70. The van der Waals surface area contributed by atoms with Crippen molar-refractivity contribution in [1.82, 2.24) is 4.90 Å². The summed E-state index contributed by atoms with van der Waals surface area (Å²) in [7, 11) is 4.18. The molecule has 3 nitrogen and oxygen atoms in total.